The number of hydrogen-bond donors (Lipinski definition) is 2. The van der Waals surface area contributed by atoms with Crippen molar-refractivity contribution in [1.29, 1.82) is 0 Å². The van der Waals surface area contributed by atoms with Crippen LogP contribution in [0, 0.1) is 0 Å². The zero-order chi connectivity index (χ0) is 24.5. The highest BCUT2D eigenvalue weighted by Gasteiger charge is 2.31. The van der Waals surface area contributed by atoms with Crippen molar-refractivity contribution < 1.29 is 31.4 Å². The van der Waals surface area contributed by atoms with Gasteiger partial charge in [-0.1, -0.05) is 30.7 Å². The van der Waals surface area contributed by atoms with Crippen molar-refractivity contribution in [3.8, 4) is 22.5 Å². The molecule has 1 aliphatic heterocycles. The highest BCUT2D eigenvalue weighted by atomic mass is 35.5. The molecule has 10 heteroatoms. The van der Waals surface area contributed by atoms with Crippen LogP contribution in [0.3, 0.4) is 0 Å². The molecule has 1 aromatic heterocycles. The van der Waals surface area contributed by atoms with E-state index in [0.29, 0.717) is 28.1 Å². The van der Waals surface area contributed by atoms with Gasteiger partial charge in [0.05, 0.1) is 28.6 Å². The summed E-state index contributed by atoms with van der Waals surface area (Å²) in [7, 11) is 0. The Bertz CT molecular complexity index is 1050. The molecular weight excluding hydrogens is 494 g/mol. The zero-order valence-corrected chi connectivity index (χ0v) is 19.1. The van der Waals surface area contributed by atoms with Crippen LogP contribution in [0.25, 0.3) is 22.5 Å². The molecule has 188 valence electrons. The van der Waals surface area contributed by atoms with Crippen molar-refractivity contribution in [2.75, 3.05) is 6.54 Å². The topological polar surface area (TPSA) is 45.2 Å². The van der Waals surface area contributed by atoms with Gasteiger partial charge in [-0.25, -0.2) is 4.98 Å². The minimum absolute atomic E-state index is 0. The number of nitrogens with zero attached hydrogens (tertiary/aromatic N) is 1. The van der Waals surface area contributed by atoms with Gasteiger partial charge in [-0.05, 0) is 61.3 Å². The van der Waals surface area contributed by atoms with Crippen molar-refractivity contribution in [2.24, 2.45) is 0 Å². The van der Waals surface area contributed by atoms with E-state index in [0.717, 1.165) is 50.1 Å². The second kappa shape index (κ2) is 10.6. The molecule has 2 unspecified atom stereocenters. The quantitative estimate of drug-likeness (QED) is 0.365. The Labute approximate surface area is 204 Å². The third-order valence-electron chi connectivity index (χ3n) is 5.93. The number of nitrogens with one attached hydrogen (secondary N) is 1. The number of aromatic nitrogens is 1. The summed E-state index contributed by atoms with van der Waals surface area (Å²) in [5, 5.41) is 14.3. The lowest BCUT2D eigenvalue weighted by Crippen LogP contribution is -2.38. The lowest BCUT2D eigenvalue weighted by atomic mass is 9.93. The Balaban J connectivity index is 0.00000342. The first-order chi connectivity index (χ1) is 16.0. The number of rotatable bonds is 4. The molecule has 2 heterocycles. The Morgan fingerprint density at radius 1 is 0.771 bits per heavy atom. The van der Waals surface area contributed by atoms with Crippen LogP contribution in [0.5, 0.6) is 0 Å². The van der Waals surface area contributed by atoms with Gasteiger partial charge in [0.1, 0.15) is 0 Å². The molecule has 2 N–H and O–H groups in total. The normalized spacial score (nSPS) is 17.5. The number of aliphatic hydroxyl groups is 1. The Morgan fingerprint density at radius 2 is 1.23 bits per heavy atom. The maximum absolute atomic E-state index is 13.0. The molecule has 0 radical (unpaired) electrons. The second-order valence-corrected chi connectivity index (χ2v) is 8.32. The maximum atomic E-state index is 13.0. The number of aliphatic hydroxyl groups excluding tert-OH is 1. The van der Waals surface area contributed by atoms with Crippen molar-refractivity contribution >= 4 is 12.4 Å². The van der Waals surface area contributed by atoms with E-state index in [2.05, 4.69) is 10.3 Å². The Morgan fingerprint density at radius 3 is 1.60 bits per heavy atom. The standard InChI is InChI=1S/C25H22F6N2O.ClH/c26-24(27,28)18-8-4-15(5-9-18)21-13-17(23(34)20-3-1-2-12-32-20)14-22(33-21)16-6-10-19(11-7-16)25(29,30)31;/h4-11,13-14,20,23,32,34H,1-3,12H2;1H. The highest BCUT2D eigenvalue weighted by molar-refractivity contribution is 5.85. The van der Waals surface area contributed by atoms with E-state index in [1.807, 2.05) is 0 Å². The van der Waals surface area contributed by atoms with Crippen LogP contribution >= 0.6 is 12.4 Å². The van der Waals surface area contributed by atoms with Crippen molar-refractivity contribution in [1.82, 2.24) is 10.3 Å². The van der Waals surface area contributed by atoms with Crippen LogP contribution in [-0.2, 0) is 12.4 Å². The summed E-state index contributed by atoms with van der Waals surface area (Å²) in [6.45, 7) is 0.754. The number of pyridine rings is 1. The minimum atomic E-state index is -4.48. The largest absolute Gasteiger partial charge is 0.416 e. The van der Waals surface area contributed by atoms with Crippen LogP contribution in [-0.4, -0.2) is 22.7 Å². The van der Waals surface area contributed by atoms with Gasteiger partial charge >= 0.3 is 12.4 Å². The Hall–Kier alpha value is -2.62. The average molecular weight is 517 g/mol. The highest BCUT2D eigenvalue weighted by Crippen LogP contribution is 2.35. The summed E-state index contributed by atoms with van der Waals surface area (Å²) >= 11 is 0. The fourth-order valence-corrected chi connectivity index (χ4v) is 4.06. The summed E-state index contributed by atoms with van der Waals surface area (Å²) in [5.41, 5.74) is 0.299. The van der Waals surface area contributed by atoms with Crippen LogP contribution in [0.4, 0.5) is 26.3 Å². The van der Waals surface area contributed by atoms with Crippen LogP contribution in [0.15, 0.2) is 60.7 Å². The molecule has 0 saturated carbocycles. The summed E-state index contributed by atoms with van der Waals surface area (Å²) in [6.07, 6.45) is -7.20. The summed E-state index contributed by atoms with van der Waals surface area (Å²) in [5.74, 6) is 0. The van der Waals surface area contributed by atoms with Gasteiger partial charge in [0.2, 0.25) is 0 Å². The average Bonchev–Trinajstić information content (AvgIpc) is 2.83. The molecule has 3 aromatic rings. The molecule has 0 spiro atoms. The molecule has 0 bridgehead atoms. The van der Waals surface area contributed by atoms with Crippen molar-refractivity contribution in [3.05, 3.63) is 77.4 Å². The monoisotopic (exact) mass is 516 g/mol. The van der Waals surface area contributed by atoms with E-state index in [1.54, 1.807) is 12.1 Å². The molecule has 0 amide bonds. The molecule has 1 aliphatic rings. The number of benzene rings is 2. The minimum Gasteiger partial charge on any atom is -0.387 e. The second-order valence-electron chi connectivity index (χ2n) is 8.32. The van der Waals surface area contributed by atoms with E-state index in [4.69, 9.17) is 0 Å². The fraction of sp³-hybridized carbons (Fsp3) is 0.320. The molecule has 0 aliphatic carbocycles. The lowest BCUT2D eigenvalue weighted by Gasteiger charge is -2.28. The van der Waals surface area contributed by atoms with Gasteiger partial charge in [-0.3, -0.25) is 0 Å². The number of piperidine rings is 1. The number of halogens is 7. The van der Waals surface area contributed by atoms with Crippen molar-refractivity contribution in [3.63, 3.8) is 0 Å². The van der Waals surface area contributed by atoms with Gasteiger partial charge in [0.15, 0.2) is 0 Å². The summed E-state index contributed by atoms with van der Waals surface area (Å²) in [4.78, 5) is 4.49. The zero-order valence-electron chi connectivity index (χ0n) is 18.3. The van der Waals surface area contributed by atoms with Crippen molar-refractivity contribution in [2.45, 2.75) is 43.8 Å². The number of hydrogen-bond acceptors (Lipinski definition) is 3. The third-order valence-corrected chi connectivity index (χ3v) is 5.93. The summed E-state index contributed by atoms with van der Waals surface area (Å²) < 4.78 is 77.8. The van der Waals surface area contributed by atoms with Gasteiger partial charge < -0.3 is 10.4 Å². The van der Waals surface area contributed by atoms with E-state index < -0.39 is 29.6 Å². The summed E-state index contributed by atoms with van der Waals surface area (Å²) in [6, 6.07) is 11.9. The van der Waals surface area contributed by atoms with E-state index >= 15 is 0 Å². The molecule has 1 fully saturated rings. The van der Waals surface area contributed by atoms with E-state index in [9.17, 15) is 31.4 Å². The first-order valence-corrected chi connectivity index (χ1v) is 10.8. The molecule has 1 saturated heterocycles. The van der Waals surface area contributed by atoms with Crippen LogP contribution < -0.4 is 5.32 Å². The van der Waals surface area contributed by atoms with E-state index in [1.165, 1.54) is 24.3 Å². The third kappa shape index (κ3) is 6.34. The smallest absolute Gasteiger partial charge is 0.387 e. The number of alkyl halides is 6. The molecule has 2 aromatic carbocycles. The van der Waals surface area contributed by atoms with Crippen LogP contribution in [0.2, 0.25) is 0 Å². The SMILES string of the molecule is Cl.OC(c1cc(-c2ccc(C(F)(F)F)cc2)nc(-c2ccc(C(F)(F)F)cc2)c1)C1CCCCN1. The lowest BCUT2D eigenvalue weighted by molar-refractivity contribution is -0.138. The van der Waals surface area contributed by atoms with Gasteiger partial charge in [-0.2, -0.15) is 26.3 Å². The molecular formula is C25H23ClF6N2O. The first kappa shape index (κ1) is 27.0. The molecule has 35 heavy (non-hydrogen) atoms. The Kier molecular flexibility index (Phi) is 8.14. The maximum Gasteiger partial charge on any atom is 0.416 e. The predicted octanol–water partition coefficient (Wildman–Crippen LogP) is 7.05. The molecule has 2 atom stereocenters. The van der Waals surface area contributed by atoms with Gasteiger partial charge in [-0.15, -0.1) is 12.4 Å². The van der Waals surface area contributed by atoms with E-state index in [-0.39, 0.29) is 18.4 Å². The van der Waals surface area contributed by atoms with Gasteiger partial charge in [0.25, 0.3) is 0 Å². The fourth-order valence-electron chi connectivity index (χ4n) is 4.06. The molecule has 3 nitrogen and oxygen atoms in total. The van der Waals surface area contributed by atoms with Gasteiger partial charge in [0, 0.05) is 17.2 Å². The predicted molar refractivity (Wildman–Crippen MR) is 123 cm³/mol. The first-order valence-electron chi connectivity index (χ1n) is 10.8. The molecule has 4 rings (SSSR count). The van der Waals surface area contributed by atoms with Crippen LogP contribution in [0.1, 0.15) is 42.1 Å².